The number of benzene rings is 2. The fourth-order valence-corrected chi connectivity index (χ4v) is 3.21. The number of rotatable bonds is 3. The van der Waals surface area contributed by atoms with Crippen molar-refractivity contribution in [1.29, 1.82) is 0 Å². The number of hydrogen-bond acceptors (Lipinski definition) is 3. The summed E-state index contributed by atoms with van der Waals surface area (Å²) in [6.07, 6.45) is 0.711. The predicted molar refractivity (Wildman–Crippen MR) is 98.4 cm³/mol. The number of carbonyl (C=O) groups is 1. The van der Waals surface area contributed by atoms with Crippen LogP contribution in [0.2, 0.25) is 0 Å². The number of aryl methyl sites for hydroxylation is 2. The summed E-state index contributed by atoms with van der Waals surface area (Å²) in [6.45, 7) is 8.13. The molecular formula is C21H25NO3. The minimum Gasteiger partial charge on any atom is -0.497 e. The second kappa shape index (κ2) is 6.43. The molecule has 1 aliphatic rings. The van der Waals surface area contributed by atoms with E-state index in [-0.39, 0.29) is 17.6 Å². The Morgan fingerprint density at radius 2 is 1.92 bits per heavy atom. The second-order valence-electron chi connectivity index (χ2n) is 7.29. The van der Waals surface area contributed by atoms with Crippen molar-refractivity contribution in [1.82, 2.24) is 5.32 Å². The van der Waals surface area contributed by atoms with Gasteiger partial charge in [0.05, 0.1) is 13.2 Å². The molecule has 4 heteroatoms. The number of ether oxygens (including phenoxy) is 2. The van der Waals surface area contributed by atoms with Crippen LogP contribution < -0.4 is 14.8 Å². The molecule has 25 heavy (non-hydrogen) atoms. The van der Waals surface area contributed by atoms with Gasteiger partial charge in [-0.2, -0.15) is 0 Å². The fourth-order valence-electron chi connectivity index (χ4n) is 3.21. The third-order valence-corrected chi connectivity index (χ3v) is 4.75. The van der Waals surface area contributed by atoms with Gasteiger partial charge < -0.3 is 14.8 Å². The summed E-state index contributed by atoms with van der Waals surface area (Å²) in [7, 11) is 1.63. The normalized spacial score (nSPS) is 18.0. The summed E-state index contributed by atoms with van der Waals surface area (Å²) in [6, 6.07) is 11.4. The average Bonchev–Trinajstić information content (AvgIpc) is 2.55. The van der Waals surface area contributed by atoms with E-state index < -0.39 is 0 Å². The first-order valence-corrected chi connectivity index (χ1v) is 8.54. The molecule has 3 rings (SSSR count). The zero-order chi connectivity index (χ0) is 18.2. The van der Waals surface area contributed by atoms with E-state index in [9.17, 15) is 4.79 Å². The Morgan fingerprint density at radius 3 is 2.60 bits per heavy atom. The third-order valence-electron chi connectivity index (χ3n) is 4.75. The number of amides is 1. The lowest BCUT2D eigenvalue weighted by atomic mass is 9.89. The molecule has 0 spiro atoms. The Bertz CT molecular complexity index is 811. The highest BCUT2D eigenvalue weighted by molar-refractivity contribution is 5.94. The lowest BCUT2D eigenvalue weighted by Crippen LogP contribution is -2.41. The maximum absolute atomic E-state index is 12.7. The van der Waals surface area contributed by atoms with E-state index in [4.69, 9.17) is 9.47 Å². The van der Waals surface area contributed by atoms with E-state index in [1.165, 1.54) is 5.56 Å². The molecule has 132 valence electrons. The topological polar surface area (TPSA) is 47.6 Å². The SMILES string of the molecule is COc1ccc2c(c1)OC(C)(C)C[C@@H]2NC(=O)c1ccc(C)c(C)c1. The molecule has 4 nitrogen and oxygen atoms in total. The van der Waals surface area contributed by atoms with Crippen molar-refractivity contribution < 1.29 is 14.3 Å². The molecule has 1 atom stereocenters. The number of methoxy groups -OCH3 is 1. The van der Waals surface area contributed by atoms with Crippen molar-refractivity contribution >= 4 is 5.91 Å². The van der Waals surface area contributed by atoms with Crippen LogP contribution in [0.4, 0.5) is 0 Å². The molecule has 0 saturated heterocycles. The summed E-state index contributed by atoms with van der Waals surface area (Å²) in [5.41, 5.74) is 3.60. The van der Waals surface area contributed by atoms with Crippen molar-refractivity contribution in [3.63, 3.8) is 0 Å². The van der Waals surface area contributed by atoms with E-state index in [0.717, 1.165) is 22.6 Å². The smallest absolute Gasteiger partial charge is 0.251 e. The third kappa shape index (κ3) is 3.63. The Hall–Kier alpha value is -2.49. The molecule has 0 aliphatic carbocycles. The van der Waals surface area contributed by atoms with Crippen LogP contribution >= 0.6 is 0 Å². The van der Waals surface area contributed by atoms with Gasteiger partial charge in [0.15, 0.2) is 0 Å². The predicted octanol–water partition coefficient (Wildman–Crippen LogP) is 4.34. The summed E-state index contributed by atoms with van der Waals surface area (Å²) in [5, 5.41) is 3.17. The van der Waals surface area contributed by atoms with E-state index in [2.05, 4.69) is 5.32 Å². The van der Waals surface area contributed by atoms with E-state index in [0.29, 0.717) is 12.0 Å². The second-order valence-corrected chi connectivity index (χ2v) is 7.29. The Labute approximate surface area is 149 Å². The van der Waals surface area contributed by atoms with Gasteiger partial charge in [-0.05, 0) is 63.1 Å². The van der Waals surface area contributed by atoms with Crippen LogP contribution in [0.15, 0.2) is 36.4 Å². The van der Waals surface area contributed by atoms with E-state index >= 15 is 0 Å². The first-order chi connectivity index (χ1) is 11.8. The standard InChI is InChI=1S/C21H25NO3/c1-13-6-7-15(10-14(13)2)20(23)22-18-12-21(3,4)25-19-11-16(24-5)8-9-17(18)19/h6-11,18H,12H2,1-5H3,(H,22,23)/t18-/m0/s1. The van der Waals surface area contributed by atoms with Gasteiger partial charge in [0.25, 0.3) is 5.91 Å². The van der Waals surface area contributed by atoms with E-state index in [1.807, 2.05) is 64.1 Å². The Morgan fingerprint density at radius 1 is 1.16 bits per heavy atom. The van der Waals surface area contributed by atoms with Crippen LogP contribution in [0.25, 0.3) is 0 Å². The first-order valence-electron chi connectivity index (χ1n) is 8.54. The highest BCUT2D eigenvalue weighted by Crippen LogP contribution is 2.41. The molecule has 0 radical (unpaired) electrons. The molecular weight excluding hydrogens is 314 g/mol. The monoisotopic (exact) mass is 339 g/mol. The van der Waals surface area contributed by atoms with Crippen LogP contribution in [-0.2, 0) is 0 Å². The average molecular weight is 339 g/mol. The van der Waals surface area contributed by atoms with Crippen molar-refractivity contribution in [2.24, 2.45) is 0 Å². The Balaban J connectivity index is 1.89. The first kappa shape index (κ1) is 17.3. The molecule has 2 aromatic rings. The van der Waals surface area contributed by atoms with Gasteiger partial charge >= 0.3 is 0 Å². The summed E-state index contributed by atoms with van der Waals surface area (Å²) in [5.74, 6) is 1.45. The van der Waals surface area contributed by atoms with Crippen LogP contribution in [0, 0.1) is 13.8 Å². The van der Waals surface area contributed by atoms with Crippen molar-refractivity contribution in [3.05, 3.63) is 58.7 Å². The maximum Gasteiger partial charge on any atom is 0.251 e. The minimum absolute atomic E-state index is 0.0624. The van der Waals surface area contributed by atoms with Gasteiger partial charge in [0, 0.05) is 23.6 Å². The van der Waals surface area contributed by atoms with Crippen LogP contribution in [0.1, 0.15) is 53.4 Å². The van der Waals surface area contributed by atoms with Gasteiger partial charge in [0.1, 0.15) is 17.1 Å². The van der Waals surface area contributed by atoms with Gasteiger partial charge in [-0.15, -0.1) is 0 Å². The molecule has 0 bridgehead atoms. The highest BCUT2D eigenvalue weighted by atomic mass is 16.5. The van der Waals surface area contributed by atoms with Crippen LogP contribution in [0.3, 0.4) is 0 Å². The molecule has 0 fully saturated rings. The molecule has 1 N–H and O–H groups in total. The number of nitrogens with one attached hydrogen (secondary N) is 1. The lowest BCUT2D eigenvalue weighted by Gasteiger charge is -2.38. The summed E-state index contributed by atoms with van der Waals surface area (Å²) in [4.78, 5) is 12.7. The minimum atomic E-state index is -0.361. The molecule has 1 amide bonds. The summed E-state index contributed by atoms with van der Waals surface area (Å²) >= 11 is 0. The maximum atomic E-state index is 12.7. The lowest BCUT2D eigenvalue weighted by molar-refractivity contribution is 0.0617. The largest absolute Gasteiger partial charge is 0.497 e. The van der Waals surface area contributed by atoms with Gasteiger partial charge in [-0.1, -0.05) is 6.07 Å². The molecule has 1 aliphatic heterocycles. The van der Waals surface area contributed by atoms with Gasteiger partial charge in [-0.25, -0.2) is 0 Å². The van der Waals surface area contributed by atoms with Crippen LogP contribution in [-0.4, -0.2) is 18.6 Å². The number of fused-ring (bicyclic) bond motifs is 1. The quantitative estimate of drug-likeness (QED) is 0.904. The molecule has 0 unspecified atom stereocenters. The van der Waals surface area contributed by atoms with Gasteiger partial charge in [-0.3, -0.25) is 4.79 Å². The Kier molecular flexibility index (Phi) is 4.46. The zero-order valence-corrected chi connectivity index (χ0v) is 15.5. The van der Waals surface area contributed by atoms with Crippen molar-refractivity contribution in [2.45, 2.75) is 45.8 Å². The molecule has 2 aromatic carbocycles. The van der Waals surface area contributed by atoms with Gasteiger partial charge in [0.2, 0.25) is 0 Å². The number of hydrogen-bond donors (Lipinski definition) is 1. The highest BCUT2D eigenvalue weighted by Gasteiger charge is 2.35. The molecule has 1 heterocycles. The molecule has 0 aromatic heterocycles. The number of carbonyl (C=O) groups excluding carboxylic acids is 1. The molecule has 0 saturated carbocycles. The van der Waals surface area contributed by atoms with E-state index in [1.54, 1.807) is 7.11 Å². The van der Waals surface area contributed by atoms with Crippen molar-refractivity contribution in [3.8, 4) is 11.5 Å². The zero-order valence-electron chi connectivity index (χ0n) is 15.5. The van der Waals surface area contributed by atoms with Crippen LogP contribution in [0.5, 0.6) is 11.5 Å². The van der Waals surface area contributed by atoms with Crippen molar-refractivity contribution in [2.75, 3.05) is 7.11 Å². The fraction of sp³-hybridized carbons (Fsp3) is 0.381. The summed E-state index contributed by atoms with van der Waals surface area (Å²) < 4.78 is 11.4.